The van der Waals surface area contributed by atoms with E-state index >= 15 is 0 Å². The van der Waals surface area contributed by atoms with Crippen LogP contribution in [-0.4, -0.2) is 21.8 Å². The summed E-state index contributed by atoms with van der Waals surface area (Å²) in [4.78, 5) is 10.6. The molecule has 0 fully saturated rings. The fraction of sp³-hybridized carbons (Fsp3) is 0.889. The molecule has 0 spiro atoms. The maximum atomic E-state index is 10.6. The van der Waals surface area contributed by atoms with Crippen LogP contribution in [0, 0.1) is 5.92 Å². The summed E-state index contributed by atoms with van der Waals surface area (Å²) in [5, 5.41) is 18.3. The zero-order valence-electron chi connectivity index (χ0n) is 8.00. The second-order valence-electron chi connectivity index (χ2n) is 3.35. The van der Waals surface area contributed by atoms with Gasteiger partial charge >= 0.3 is 5.97 Å². The van der Waals surface area contributed by atoms with Gasteiger partial charge < -0.3 is 10.2 Å². The SMILES string of the molecule is CCCC(CC)C(C)(O)C(=O)O. The Morgan fingerprint density at radius 2 is 2.00 bits per heavy atom. The smallest absolute Gasteiger partial charge is 0.335 e. The van der Waals surface area contributed by atoms with E-state index in [1.165, 1.54) is 6.92 Å². The summed E-state index contributed by atoms with van der Waals surface area (Å²) in [5.41, 5.74) is -1.56. The van der Waals surface area contributed by atoms with E-state index < -0.39 is 11.6 Å². The van der Waals surface area contributed by atoms with E-state index in [2.05, 4.69) is 0 Å². The molecule has 3 heteroatoms. The van der Waals surface area contributed by atoms with E-state index in [4.69, 9.17) is 5.11 Å². The van der Waals surface area contributed by atoms with Crippen molar-refractivity contribution in [2.24, 2.45) is 5.92 Å². The lowest BCUT2D eigenvalue weighted by atomic mass is 9.84. The molecule has 3 nitrogen and oxygen atoms in total. The van der Waals surface area contributed by atoms with Crippen LogP contribution in [0.3, 0.4) is 0 Å². The van der Waals surface area contributed by atoms with Gasteiger partial charge in [-0.1, -0.05) is 20.3 Å². The highest BCUT2D eigenvalue weighted by atomic mass is 16.4. The van der Waals surface area contributed by atoms with Crippen LogP contribution >= 0.6 is 0 Å². The van der Waals surface area contributed by atoms with Gasteiger partial charge in [0.1, 0.15) is 0 Å². The first-order chi connectivity index (χ1) is 5.46. The number of rotatable bonds is 5. The Kier molecular flexibility index (Phi) is 4.24. The lowest BCUT2D eigenvalue weighted by Crippen LogP contribution is -2.42. The molecule has 0 aliphatic rings. The molecule has 0 aliphatic carbocycles. The van der Waals surface area contributed by atoms with E-state index in [1.54, 1.807) is 0 Å². The fourth-order valence-corrected chi connectivity index (χ4v) is 1.41. The quantitative estimate of drug-likeness (QED) is 0.666. The van der Waals surface area contributed by atoms with Crippen molar-refractivity contribution in [2.75, 3.05) is 0 Å². The highest BCUT2D eigenvalue weighted by Crippen LogP contribution is 2.25. The number of carboxylic acid groups (broad SMARTS) is 1. The van der Waals surface area contributed by atoms with Gasteiger partial charge in [-0.15, -0.1) is 0 Å². The summed E-state index contributed by atoms with van der Waals surface area (Å²) < 4.78 is 0. The molecule has 0 aromatic carbocycles. The predicted molar refractivity (Wildman–Crippen MR) is 46.9 cm³/mol. The highest BCUT2D eigenvalue weighted by molar-refractivity contribution is 5.76. The van der Waals surface area contributed by atoms with Gasteiger partial charge in [0.25, 0.3) is 0 Å². The minimum atomic E-state index is -1.56. The number of aliphatic carboxylic acids is 1. The van der Waals surface area contributed by atoms with E-state index in [0.29, 0.717) is 6.42 Å². The van der Waals surface area contributed by atoms with E-state index in [-0.39, 0.29) is 5.92 Å². The Morgan fingerprint density at radius 1 is 1.50 bits per heavy atom. The van der Waals surface area contributed by atoms with Crippen LogP contribution in [0.4, 0.5) is 0 Å². The fourth-order valence-electron chi connectivity index (χ4n) is 1.41. The van der Waals surface area contributed by atoms with Crippen molar-refractivity contribution in [3.05, 3.63) is 0 Å². The van der Waals surface area contributed by atoms with E-state index in [9.17, 15) is 9.90 Å². The van der Waals surface area contributed by atoms with Crippen LogP contribution in [-0.2, 0) is 4.79 Å². The molecule has 0 heterocycles. The maximum Gasteiger partial charge on any atom is 0.335 e. The van der Waals surface area contributed by atoms with Crippen molar-refractivity contribution in [2.45, 2.75) is 45.6 Å². The average Bonchev–Trinajstić information content (AvgIpc) is 1.99. The van der Waals surface area contributed by atoms with Gasteiger partial charge in [-0.3, -0.25) is 0 Å². The van der Waals surface area contributed by atoms with Crippen LogP contribution in [0.15, 0.2) is 0 Å². The van der Waals surface area contributed by atoms with E-state index in [0.717, 1.165) is 12.8 Å². The monoisotopic (exact) mass is 174 g/mol. The molecule has 12 heavy (non-hydrogen) atoms. The number of aliphatic hydroxyl groups is 1. The molecular weight excluding hydrogens is 156 g/mol. The lowest BCUT2D eigenvalue weighted by Gasteiger charge is -2.27. The Morgan fingerprint density at radius 3 is 2.25 bits per heavy atom. The third-order valence-electron chi connectivity index (χ3n) is 2.36. The second-order valence-corrected chi connectivity index (χ2v) is 3.35. The van der Waals surface area contributed by atoms with Crippen molar-refractivity contribution >= 4 is 5.97 Å². The zero-order valence-corrected chi connectivity index (χ0v) is 8.00. The normalized spacial score (nSPS) is 18.3. The molecule has 0 aromatic heterocycles. The maximum absolute atomic E-state index is 10.6. The van der Waals surface area contributed by atoms with E-state index in [1.807, 2.05) is 13.8 Å². The molecule has 72 valence electrons. The molecule has 0 radical (unpaired) electrons. The first kappa shape index (κ1) is 11.4. The molecule has 0 bridgehead atoms. The number of carboxylic acids is 1. The first-order valence-corrected chi connectivity index (χ1v) is 4.42. The Bertz CT molecular complexity index is 152. The first-order valence-electron chi connectivity index (χ1n) is 4.42. The Hall–Kier alpha value is -0.570. The third kappa shape index (κ3) is 2.48. The third-order valence-corrected chi connectivity index (χ3v) is 2.36. The Balaban J connectivity index is 4.36. The summed E-state index contributed by atoms with van der Waals surface area (Å²) in [6.07, 6.45) is 2.37. The lowest BCUT2D eigenvalue weighted by molar-refractivity contribution is -0.163. The van der Waals surface area contributed by atoms with Crippen LogP contribution in [0.5, 0.6) is 0 Å². The standard InChI is InChI=1S/C9H18O3/c1-4-6-7(5-2)9(3,12)8(10)11/h7,12H,4-6H2,1-3H3,(H,10,11). The predicted octanol–water partition coefficient (Wildman–Crippen LogP) is 1.65. The topological polar surface area (TPSA) is 57.5 Å². The van der Waals surface area contributed by atoms with Crippen molar-refractivity contribution in [3.8, 4) is 0 Å². The summed E-state index contributed by atoms with van der Waals surface area (Å²) in [7, 11) is 0. The summed E-state index contributed by atoms with van der Waals surface area (Å²) >= 11 is 0. The molecule has 2 atom stereocenters. The average molecular weight is 174 g/mol. The van der Waals surface area contributed by atoms with Gasteiger partial charge in [-0.05, 0) is 25.7 Å². The number of hydrogen-bond donors (Lipinski definition) is 2. The summed E-state index contributed by atoms with van der Waals surface area (Å²) in [6.45, 7) is 5.26. The van der Waals surface area contributed by atoms with Crippen LogP contribution < -0.4 is 0 Å². The molecule has 0 aliphatic heterocycles. The number of hydrogen-bond acceptors (Lipinski definition) is 2. The van der Waals surface area contributed by atoms with Crippen molar-refractivity contribution in [3.63, 3.8) is 0 Å². The highest BCUT2D eigenvalue weighted by Gasteiger charge is 2.37. The summed E-state index contributed by atoms with van der Waals surface area (Å²) in [6, 6.07) is 0. The minimum Gasteiger partial charge on any atom is -0.479 e. The van der Waals surface area contributed by atoms with Crippen LogP contribution in [0.25, 0.3) is 0 Å². The van der Waals surface area contributed by atoms with Crippen molar-refractivity contribution < 1.29 is 15.0 Å². The zero-order chi connectivity index (χ0) is 9.78. The van der Waals surface area contributed by atoms with Gasteiger partial charge in [-0.2, -0.15) is 0 Å². The largest absolute Gasteiger partial charge is 0.479 e. The molecule has 0 saturated heterocycles. The summed E-state index contributed by atoms with van der Waals surface area (Å²) in [5.74, 6) is -1.26. The molecule has 2 N–H and O–H groups in total. The molecule has 2 unspecified atom stereocenters. The molecule has 0 aromatic rings. The van der Waals surface area contributed by atoms with Crippen molar-refractivity contribution in [1.82, 2.24) is 0 Å². The van der Waals surface area contributed by atoms with Crippen molar-refractivity contribution in [1.29, 1.82) is 0 Å². The van der Waals surface area contributed by atoms with Crippen LogP contribution in [0.2, 0.25) is 0 Å². The van der Waals surface area contributed by atoms with Gasteiger partial charge in [0, 0.05) is 0 Å². The minimum absolute atomic E-state index is 0.139. The Labute approximate surface area is 73.4 Å². The molecule has 0 saturated carbocycles. The van der Waals surface area contributed by atoms with Gasteiger partial charge in [-0.25, -0.2) is 4.79 Å². The molecular formula is C9H18O3. The second kappa shape index (κ2) is 4.45. The number of carbonyl (C=O) groups is 1. The van der Waals surface area contributed by atoms with Gasteiger partial charge in [0.05, 0.1) is 0 Å². The van der Waals surface area contributed by atoms with Crippen LogP contribution in [0.1, 0.15) is 40.0 Å². The molecule has 0 amide bonds. The molecule has 0 rings (SSSR count). The van der Waals surface area contributed by atoms with Gasteiger partial charge in [0.2, 0.25) is 0 Å². The van der Waals surface area contributed by atoms with Gasteiger partial charge in [0.15, 0.2) is 5.60 Å².